The molecule has 17 atom stereocenters. The van der Waals surface area contributed by atoms with Crippen LogP contribution in [0.1, 0.15) is 200 Å². The highest BCUT2D eigenvalue weighted by molar-refractivity contribution is 5.76. The fourth-order valence-corrected chi connectivity index (χ4v) is 10.4. The van der Waals surface area contributed by atoms with E-state index in [1.165, 1.54) is 96.3 Å². The quantitative estimate of drug-likeness (QED) is 0.0231. The van der Waals surface area contributed by atoms with E-state index in [9.17, 15) is 61.0 Å². The fourth-order valence-electron chi connectivity index (χ4n) is 10.4. The molecule has 3 saturated heterocycles. The molecule has 0 bridgehead atoms. The molecule has 3 heterocycles. The molecule has 82 heavy (non-hydrogen) atoms. The second kappa shape index (κ2) is 45.8. The molecule has 0 saturated carbocycles. The Hall–Kier alpha value is -2.51. The van der Waals surface area contributed by atoms with Gasteiger partial charge >= 0.3 is 0 Å². The zero-order valence-electron chi connectivity index (χ0n) is 49.7. The summed E-state index contributed by atoms with van der Waals surface area (Å²) in [6.07, 6.45) is 26.5. The van der Waals surface area contributed by atoms with Crippen LogP contribution >= 0.6 is 0 Å². The molecule has 0 spiro atoms. The minimum atomic E-state index is -1.98. The molecule has 0 radical (unpaired) electrons. The first-order valence-electron chi connectivity index (χ1n) is 31.5. The first kappa shape index (κ1) is 73.7. The number of allylic oxidation sites excluding steroid dienone is 9. The smallest absolute Gasteiger partial charge is 0.220 e. The Balaban J connectivity index is 1.40. The zero-order valence-corrected chi connectivity index (χ0v) is 49.7. The van der Waals surface area contributed by atoms with Crippen LogP contribution in [0.5, 0.6) is 0 Å². The summed E-state index contributed by atoms with van der Waals surface area (Å²) in [5.41, 5.74) is 0. The van der Waals surface area contributed by atoms with Gasteiger partial charge in [0, 0.05) is 6.42 Å². The number of carbonyl (C=O) groups excluding carboxylic acids is 1. The Morgan fingerprint density at radius 2 is 0.841 bits per heavy atom. The minimum absolute atomic E-state index is 0.240. The lowest BCUT2D eigenvalue weighted by Gasteiger charge is -2.48. The number of nitrogens with one attached hydrogen (secondary N) is 1. The highest BCUT2D eigenvalue weighted by Gasteiger charge is 2.53. The number of aliphatic hydroxyl groups is 11. The van der Waals surface area contributed by atoms with Crippen LogP contribution in [0.15, 0.2) is 60.8 Å². The van der Waals surface area contributed by atoms with Crippen molar-refractivity contribution in [3.63, 3.8) is 0 Å². The zero-order chi connectivity index (χ0) is 59.7. The molecule has 0 aromatic rings. The van der Waals surface area contributed by atoms with Crippen molar-refractivity contribution in [3.8, 4) is 0 Å². The van der Waals surface area contributed by atoms with Crippen LogP contribution in [0, 0.1) is 0 Å². The van der Waals surface area contributed by atoms with Crippen LogP contribution in [0.4, 0.5) is 0 Å². The van der Waals surface area contributed by atoms with Gasteiger partial charge in [-0.2, -0.15) is 0 Å². The van der Waals surface area contributed by atoms with Gasteiger partial charge in [-0.05, 0) is 57.8 Å². The van der Waals surface area contributed by atoms with E-state index in [1.807, 2.05) is 6.08 Å². The van der Waals surface area contributed by atoms with Crippen LogP contribution in [-0.2, 0) is 33.2 Å². The predicted octanol–water partition coefficient (Wildman–Crippen LogP) is 6.43. The van der Waals surface area contributed by atoms with Gasteiger partial charge in [0.05, 0.1) is 38.6 Å². The second-order valence-electron chi connectivity index (χ2n) is 22.5. The Bertz CT molecular complexity index is 1730. The number of aliphatic hydroxyl groups excluding tert-OH is 11. The van der Waals surface area contributed by atoms with Gasteiger partial charge in [-0.15, -0.1) is 0 Å². The van der Waals surface area contributed by atoms with Gasteiger partial charge in [-0.25, -0.2) is 0 Å². The maximum atomic E-state index is 13.3. The van der Waals surface area contributed by atoms with E-state index in [0.29, 0.717) is 6.42 Å². The third kappa shape index (κ3) is 28.8. The summed E-state index contributed by atoms with van der Waals surface area (Å²) in [5.74, 6) is -0.280. The Kier molecular flexibility index (Phi) is 41.2. The maximum absolute atomic E-state index is 13.3. The van der Waals surface area contributed by atoms with Gasteiger partial charge in [0.2, 0.25) is 5.91 Å². The molecule has 3 aliphatic rings. The van der Waals surface area contributed by atoms with Crippen molar-refractivity contribution < 1.29 is 89.4 Å². The highest BCUT2D eigenvalue weighted by Crippen LogP contribution is 2.33. The van der Waals surface area contributed by atoms with E-state index < -0.39 is 124 Å². The molecule has 17 unspecified atom stereocenters. The summed E-state index contributed by atoms with van der Waals surface area (Å²) in [6.45, 7) is 1.57. The standard InChI is InChI=1S/C63H111NO18/c1-3-5-7-9-11-13-15-16-17-18-19-20-21-22-23-24-25-26-27-28-29-30-31-33-35-37-39-41-51(69)64-46(47(68)40-38-36-34-32-14-12-10-8-6-4-2)45-77-61-57(75)54(72)59(49(43-66)79-61)82-63-58(76)55(73)60(50(44-67)80-63)81-62-56(74)53(71)52(70)48(42-65)78-62/h5,7,11,13,16-17,19-20,38,40,46-50,52-63,65-68,70-76H,3-4,6,8-10,12,14-15,18,21-37,39,41-45H2,1-2H3,(H,64,69)/b7-5-,13-11-,17-16-,20-19-,40-38+. The third-order valence-electron chi connectivity index (χ3n) is 15.6. The molecule has 1 amide bonds. The summed E-state index contributed by atoms with van der Waals surface area (Å²) in [6, 6.07) is -0.973. The van der Waals surface area contributed by atoms with Crippen molar-refractivity contribution in [2.45, 2.75) is 304 Å². The number of hydrogen-bond acceptors (Lipinski definition) is 18. The largest absolute Gasteiger partial charge is 0.394 e. The Morgan fingerprint density at radius 3 is 1.32 bits per heavy atom. The number of carbonyl (C=O) groups is 1. The monoisotopic (exact) mass is 1170 g/mol. The number of amides is 1. The average Bonchev–Trinajstić information content (AvgIpc) is 3.64. The van der Waals surface area contributed by atoms with Gasteiger partial charge in [0.25, 0.3) is 0 Å². The summed E-state index contributed by atoms with van der Waals surface area (Å²) in [7, 11) is 0. The topological polar surface area (TPSA) is 307 Å². The van der Waals surface area contributed by atoms with E-state index in [-0.39, 0.29) is 18.9 Å². The van der Waals surface area contributed by atoms with E-state index in [2.05, 4.69) is 67.8 Å². The minimum Gasteiger partial charge on any atom is -0.394 e. The lowest BCUT2D eigenvalue weighted by Crippen LogP contribution is -2.66. The average molecular weight is 1170 g/mol. The summed E-state index contributed by atoms with van der Waals surface area (Å²) in [5, 5.41) is 120. The van der Waals surface area contributed by atoms with Crippen LogP contribution in [0.2, 0.25) is 0 Å². The predicted molar refractivity (Wildman–Crippen MR) is 314 cm³/mol. The number of ether oxygens (including phenoxy) is 6. The van der Waals surface area contributed by atoms with E-state index in [1.54, 1.807) is 6.08 Å². The molecular formula is C63H111NO18. The van der Waals surface area contributed by atoms with Gasteiger partial charge in [-0.1, -0.05) is 197 Å². The van der Waals surface area contributed by atoms with Crippen molar-refractivity contribution in [1.82, 2.24) is 5.32 Å². The first-order valence-corrected chi connectivity index (χ1v) is 31.5. The molecule has 476 valence electrons. The van der Waals surface area contributed by atoms with Crippen LogP contribution < -0.4 is 5.32 Å². The molecule has 3 fully saturated rings. The van der Waals surface area contributed by atoms with Gasteiger partial charge in [0.1, 0.15) is 73.2 Å². The van der Waals surface area contributed by atoms with Crippen molar-refractivity contribution in [2.75, 3.05) is 26.4 Å². The summed E-state index contributed by atoms with van der Waals surface area (Å²) < 4.78 is 34.2. The Morgan fingerprint density at radius 1 is 0.451 bits per heavy atom. The molecule has 3 rings (SSSR count). The number of hydrogen-bond donors (Lipinski definition) is 12. The van der Waals surface area contributed by atoms with E-state index in [4.69, 9.17) is 28.4 Å². The summed E-state index contributed by atoms with van der Waals surface area (Å²) >= 11 is 0. The van der Waals surface area contributed by atoms with E-state index in [0.717, 1.165) is 77.0 Å². The number of unbranched alkanes of at least 4 members (excludes halogenated alkanes) is 22. The van der Waals surface area contributed by atoms with Gasteiger partial charge < -0.3 is 89.9 Å². The molecule has 3 aliphatic heterocycles. The molecule has 0 aliphatic carbocycles. The lowest BCUT2D eigenvalue weighted by molar-refractivity contribution is -0.379. The lowest BCUT2D eigenvalue weighted by atomic mass is 9.96. The fraction of sp³-hybridized carbons (Fsp3) is 0.825. The normalized spacial score (nSPS) is 30.0. The van der Waals surface area contributed by atoms with Crippen LogP contribution in [-0.4, -0.2) is 193 Å². The van der Waals surface area contributed by atoms with Crippen molar-refractivity contribution in [3.05, 3.63) is 60.8 Å². The molecule has 19 nitrogen and oxygen atoms in total. The summed E-state index contributed by atoms with van der Waals surface area (Å²) in [4.78, 5) is 13.3. The highest BCUT2D eigenvalue weighted by atomic mass is 16.8. The van der Waals surface area contributed by atoms with E-state index >= 15 is 0 Å². The molecule has 12 N–H and O–H groups in total. The van der Waals surface area contributed by atoms with Gasteiger partial charge in [0.15, 0.2) is 18.9 Å². The molecule has 0 aromatic heterocycles. The number of rotatable bonds is 46. The molecular weight excluding hydrogens is 1060 g/mol. The SMILES string of the molecule is CC/C=C\C/C=C\C/C=C\C/C=C\CCCCCCCCCCCCCCCCC(=O)NC(COC1OC(CO)C(OC2OC(CO)C(OC3OC(CO)C(O)C(O)C3O)C(O)C2O)C(O)C1O)C(O)/C=C/CCCCCCCCCC. The van der Waals surface area contributed by atoms with Crippen molar-refractivity contribution in [1.29, 1.82) is 0 Å². The Labute approximate surface area is 490 Å². The third-order valence-corrected chi connectivity index (χ3v) is 15.6. The maximum Gasteiger partial charge on any atom is 0.220 e. The first-order chi connectivity index (χ1) is 39.8. The van der Waals surface area contributed by atoms with Crippen LogP contribution in [0.3, 0.4) is 0 Å². The van der Waals surface area contributed by atoms with Crippen molar-refractivity contribution in [2.24, 2.45) is 0 Å². The second-order valence-corrected chi connectivity index (χ2v) is 22.5. The molecule has 19 heteroatoms. The molecule has 0 aromatic carbocycles. The van der Waals surface area contributed by atoms with Gasteiger partial charge in [-0.3, -0.25) is 4.79 Å². The van der Waals surface area contributed by atoms with Crippen LogP contribution in [0.25, 0.3) is 0 Å². The van der Waals surface area contributed by atoms with Crippen molar-refractivity contribution >= 4 is 5.91 Å².